The van der Waals surface area contributed by atoms with Crippen LogP contribution in [0.25, 0.3) is 10.8 Å². The number of fused-ring (bicyclic) bond motifs is 1. The average molecular weight is 361 g/mol. The maximum absolute atomic E-state index is 12.7. The molecule has 0 spiro atoms. The number of piperidine rings is 1. The largest absolute Gasteiger partial charge is 0.338 e. The van der Waals surface area contributed by atoms with Gasteiger partial charge in [-0.25, -0.2) is 0 Å². The van der Waals surface area contributed by atoms with E-state index >= 15 is 0 Å². The van der Waals surface area contributed by atoms with Crippen molar-refractivity contribution in [3.8, 4) is 0 Å². The lowest BCUT2D eigenvalue weighted by Crippen LogP contribution is -2.40. The van der Waals surface area contributed by atoms with Crippen LogP contribution in [0.1, 0.15) is 29.6 Å². The number of carbonyl (C=O) groups is 1. The van der Waals surface area contributed by atoms with Gasteiger partial charge >= 0.3 is 0 Å². The van der Waals surface area contributed by atoms with Crippen LogP contribution in [-0.2, 0) is 0 Å². The zero-order valence-electron chi connectivity index (χ0n) is 12.6. The van der Waals surface area contributed by atoms with E-state index < -0.39 is 0 Å². The molecule has 0 saturated carbocycles. The Bertz CT molecular complexity index is 684. The fraction of sp³-hybridized carbons (Fsp3) is 0.389. The first-order valence-corrected chi connectivity index (χ1v) is 8.65. The lowest BCUT2D eigenvalue weighted by molar-refractivity contribution is 0.0669. The summed E-state index contributed by atoms with van der Waals surface area (Å²) < 4.78 is 1.06. The molecule has 0 aliphatic carbocycles. The van der Waals surface area contributed by atoms with Crippen molar-refractivity contribution in [3.05, 3.63) is 46.4 Å². The maximum Gasteiger partial charge on any atom is 0.253 e. The molecule has 22 heavy (non-hydrogen) atoms. The van der Waals surface area contributed by atoms with Gasteiger partial charge in [-0.05, 0) is 66.8 Å². The molecule has 4 heteroatoms. The molecule has 1 fully saturated rings. The van der Waals surface area contributed by atoms with E-state index in [0.29, 0.717) is 12.5 Å². The summed E-state index contributed by atoms with van der Waals surface area (Å²) in [5, 5.41) is 2.25. The van der Waals surface area contributed by atoms with Gasteiger partial charge < -0.3 is 10.6 Å². The van der Waals surface area contributed by atoms with Crippen LogP contribution < -0.4 is 5.73 Å². The normalized spacial score (nSPS) is 18.6. The number of likely N-dealkylation sites (tertiary alicyclic amines) is 1. The highest BCUT2D eigenvalue weighted by Gasteiger charge is 2.24. The van der Waals surface area contributed by atoms with Gasteiger partial charge in [-0.1, -0.05) is 28.1 Å². The Kier molecular flexibility index (Phi) is 4.79. The van der Waals surface area contributed by atoms with Crippen LogP contribution in [0.15, 0.2) is 40.9 Å². The lowest BCUT2D eigenvalue weighted by Gasteiger charge is -2.32. The minimum Gasteiger partial charge on any atom is -0.338 e. The summed E-state index contributed by atoms with van der Waals surface area (Å²) in [6.45, 7) is 2.41. The van der Waals surface area contributed by atoms with Crippen molar-refractivity contribution in [2.24, 2.45) is 11.7 Å². The fourth-order valence-electron chi connectivity index (χ4n) is 3.25. The van der Waals surface area contributed by atoms with E-state index in [1.807, 2.05) is 35.2 Å². The Morgan fingerprint density at radius 2 is 2.00 bits per heavy atom. The van der Waals surface area contributed by atoms with Crippen molar-refractivity contribution in [1.82, 2.24) is 4.90 Å². The van der Waals surface area contributed by atoms with Crippen LogP contribution in [-0.4, -0.2) is 30.4 Å². The zero-order valence-corrected chi connectivity index (χ0v) is 14.2. The van der Waals surface area contributed by atoms with Crippen molar-refractivity contribution in [1.29, 1.82) is 0 Å². The first-order valence-electron chi connectivity index (χ1n) is 7.86. The smallest absolute Gasteiger partial charge is 0.253 e. The maximum atomic E-state index is 12.7. The third-order valence-electron chi connectivity index (χ3n) is 4.43. The summed E-state index contributed by atoms with van der Waals surface area (Å²) >= 11 is 3.48. The second-order valence-corrected chi connectivity index (χ2v) is 6.96. The van der Waals surface area contributed by atoms with E-state index in [-0.39, 0.29) is 5.91 Å². The van der Waals surface area contributed by atoms with Gasteiger partial charge in [0.1, 0.15) is 0 Å². The third kappa shape index (κ3) is 3.33. The van der Waals surface area contributed by atoms with Gasteiger partial charge in [-0.2, -0.15) is 0 Å². The Morgan fingerprint density at radius 1 is 1.23 bits per heavy atom. The van der Waals surface area contributed by atoms with Gasteiger partial charge in [0.25, 0.3) is 5.91 Å². The summed E-state index contributed by atoms with van der Waals surface area (Å²) in [4.78, 5) is 14.7. The minimum atomic E-state index is 0.145. The molecule has 2 N–H and O–H groups in total. The highest BCUT2D eigenvalue weighted by atomic mass is 79.9. The summed E-state index contributed by atoms with van der Waals surface area (Å²) in [5.41, 5.74) is 6.44. The van der Waals surface area contributed by atoms with Crippen molar-refractivity contribution in [2.45, 2.75) is 19.3 Å². The van der Waals surface area contributed by atoms with Crippen molar-refractivity contribution in [3.63, 3.8) is 0 Å². The summed E-state index contributed by atoms with van der Waals surface area (Å²) in [6.07, 6.45) is 3.28. The standard InChI is InChI=1S/C18H21BrN2O/c19-17-6-5-14-10-16(4-3-15(14)11-17)18(22)21-9-1-2-13(12-21)7-8-20/h3-6,10-11,13H,1-2,7-9,12,20H2. The molecule has 0 radical (unpaired) electrons. The number of halogens is 1. The highest BCUT2D eigenvalue weighted by Crippen LogP contribution is 2.24. The number of carbonyl (C=O) groups excluding carboxylic acids is 1. The lowest BCUT2D eigenvalue weighted by atomic mass is 9.94. The van der Waals surface area contributed by atoms with Crippen molar-refractivity contribution >= 4 is 32.6 Å². The van der Waals surface area contributed by atoms with Crippen LogP contribution in [0, 0.1) is 5.92 Å². The molecule has 116 valence electrons. The minimum absolute atomic E-state index is 0.145. The Balaban J connectivity index is 1.80. The van der Waals surface area contributed by atoms with Crippen molar-refractivity contribution in [2.75, 3.05) is 19.6 Å². The van der Waals surface area contributed by atoms with E-state index in [0.717, 1.165) is 46.7 Å². The summed E-state index contributed by atoms with van der Waals surface area (Å²) in [7, 11) is 0. The van der Waals surface area contributed by atoms with Gasteiger partial charge in [0, 0.05) is 23.1 Å². The predicted molar refractivity (Wildman–Crippen MR) is 93.9 cm³/mol. The van der Waals surface area contributed by atoms with Gasteiger partial charge in [-0.3, -0.25) is 4.79 Å². The molecular formula is C18H21BrN2O. The monoisotopic (exact) mass is 360 g/mol. The second-order valence-electron chi connectivity index (χ2n) is 6.04. The number of nitrogens with two attached hydrogens (primary N) is 1. The van der Waals surface area contributed by atoms with Gasteiger partial charge in [0.15, 0.2) is 0 Å². The number of nitrogens with zero attached hydrogens (tertiary/aromatic N) is 1. The number of hydrogen-bond acceptors (Lipinski definition) is 2. The van der Waals surface area contributed by atoms with Crippen LogP contribution in [0.5, 0.6) is 0 Å². The summed E-state index contributed by atoms with van der Waals surface area (Å²) in [5.74, 6) is 0.700. The molecule has 2 aromatic carbocycles. The molecule has 2 aromatic rings. The predicted octanol–water partition coefficient (Wildman–Crippen LogP) is 3.80. The van der Waals surface area contributed by atoms with Crippen LogP contribution >= 0.6 is 15.9 Å². The van der Waals surface area contributed by atoms with E-state index in [9.17, 15) is 4.79 Å². The van der Waals surface area contributed by atoms with E-state index in [1.165, 1.54) is 6.42 Å². The molecule has 1 aliphatic heterocycles. The fourth-order valence-corrected chi connectivity index (χ4v) is 3.63. The number of benzene rings is 2. The summed E-state index contributed by atoms with van der Waals surface area (Å²) in [6, 6.07) is 12.1. The first-order chi connectivity index (χ1) is 10.7. The van der Waals surface area contributed by atoms with Gasteiger partial charge in [-0.15, -0.1) is 0 Å². The molecule has 3 rings (SSSR count). The van der Waals surface area contributed by atoms with Crippen molar-refractivity contribution < 1.29 is 4.79 Å². The van der Waals surface area contributed by atoms with Gasteiger partial charge in [0.05, 0.1) is 0 Å². The first kappa shape index (κ1) is 15.5. The number of hydrogen-bond donors (Lipinski definition) is 1. The van der Waals surface area contributed by atoms with Crippen LogP contribution in [0.4, 0.5) is 0 Å². The van der Waals surface area contributed by atoms with E-state index in [4.69, 9.17) is 5.73 Å². The molecule has 1 heterocycles. The topological polar surface area (TPSA) is 46.3 Å². The molecular weight excluding hydrogens is 340 g/mol. The second kappa shape index (κ2) is 6.80. The number of rotatable bonds is 3. The third-order valence-corrected chi connectivity index (χ3v) is 4.92. The zero-order chi connectivity index (χ0) is 15.5. The van der Waals surface area contributed by atoms with Crippen LogP contribution in [0.2, 0.25) is 0 Å². The molecule has 0 aromatic heterocycles. The molecule has 1 unspecified atom stereocenters. The van der Waals surface area contributed by atoms with E-state index in [2.05, 4.69) is 22.0 Å². The SMILES string of the molecule is NCCC1CCCN(C(=O)c2ccc3cc(Br)ccc3c2)C1. The molecule has 1 atom stereocenters. The Morgan fingerprint density at radius 3 is 2.82 bits per heavy atom. The highest BCUT2D eigenvalue weighted by molar-refractivity contribution is 9.10. The molecule has 0 bridgehead atoms. The molecule has 3 nitrogen and oxygen atoms in total. The molecule has 1 aliphatic rings. The van der Waals surface area contributed by atoms with Crippen LogP contribution in [0.3, 0.4) is 0 Å². The Hall–Kier alpha value is -1.39. The molecule has 1 saturated heterocycles. The number of amides is 1. The Labute approximate surface area is 139 Å². The van der Waals surface area contributed by atoms with E-state index in [1.54, 1.807) is 0 Å². The molecule has 1 amide bonds. The quantitative estimate of drug-likeness (QED) is 0.904. The average Bonchev–Trinajstić information content (AvgIpc) is 2.54. The van der Waals surface area contributed by atoms with Gasteiger partial charge in [0.2, 0.25) is 0 Å².